The Morgan fingerprint density at radius 2 is 1.42 bits per heavy atom. The van der Waals surface area contributed by atoms with Crippen LogP contribution < -0.4 is 0 Å². The fraction of sp³-hybridized carbons (Fsp3) is 0.0938. The second-order valence-corrected chi connectivity index (χ2v) is 10.0. The van der Waals surface area contributed by atoms with E-state index in [1.54, 1.807) is 23.5 Å². The summed E-state index contributed by atoms with van der Waals surface area (Å²) in [6, 6.07) is 34.0. The monoisotopic (exact) mass is 488 g/mol. The van der Waals surface area contributed by atoms with Gasteiger partial charge in [-0.1, -0.05) is 109 Å². The fourth-order valence-corrected chi connectivity index (χ4v) is 6.25. The van der Waals surface area contributed by atoms with Crippen LogP contribution in [0, 0.1) is 0 Å². The van der Waals surface area contributed by atoms with Gasteiger partial charge in [-0.05, 0) is 29.3 Å². The number of carbonyl (C=O) groups is 1. The van der Waals surface area contributed by atoms with E-state index >= 15 is 0 Å². The summed E-state index contributed by atoms with van der Waals surface area (Å²) < 4.78 is 8.93. The summed E-state index contributed by atoms with van der Waals surface area (Å²) >= 11 is 1.71. The van der Waals surface area contributed by atoms with Crippen LogP contribution in [0.5, 0.6) is 0 Å². The van der Waals surface area contributed by atoms with E-state index in [0.29, 0.717) is 5.56 Å². The highest BCUT2D eigenvalue weighted by Gasteiger charge is 2.38. The van der Waals surface area contributed by atoms with E-state index in [4.69, 9.17) is 4.74 Å². The molecule has 4 aromatic carbocycles. The molecule has 5 aromatic rings. The topological polar surface area (TPSA) is 46.5 Å². The molecule has 1 atom stereocenters. The normalized spacial score (nSPS) is 20.1. The first-order chi connectivity index (χ1) is 17.6. The molecule has 1 aromatic heterocycles. The van der Waals surface area contributed by atoms with Gasteiger partial charge < -0.3 is 9.84 Å². The molecule has 6 rings (SSSR count). The van der Waals surface area contributed by atoms with Crippen molar-refractivity contribution in [2.75, 3.05) is 0 Å². The summed E-state index contributed by atoms with van der Waals surface area (Å²) in [6.07, 6.45) is 7.17. The minimum atomic E-state index is -1.13. The Balaban J connectivity index is 1.52. The third-order valence-electron chi connectivity index (χ3n) is 6.75. The number of thiophene rings is 1. The maximum absolute atomic E-state index is 12.5. The van der Waals surface area contributed by atoms with Gasteiger partial charge in [-0.25, -0.2) is 4.79 Å². The molecule has 0 amide bonds. The van der Waals surface area contributed by atoms with Crippen LogP contribution in [0.25, 0.3) is 20.2 Å². The second-order valence-electron chi connectivity index (χ2n) is 8.98. The molecule has 4 heteroatoms. The Morgan fingerprint density at radius 1 is 0.778 bits per heavy atom. The number of rotatable bonds is 6. The first-order valence-electron chi connectivity index (χ1n) is 11.9. The van der Waals surface area contributed by atoms with Crippen LogP contribution in [0.3, 0.4) is 0 Å². The van der Waals surface area contributed by atoms with Crippen LogP contribution >= 0.6 is 11.3 Å². The molecular formula is C32H24O3S. The summed E-state index contributed by atoms with van der Waals surface area (Å²) in [5.41, 5.74) is 1.70. The molecule has 176 valence electrons. The van der Waals surface area contributed by atoms with Gasteiger partial charge in [0.1, 0.15) is 5.60 Å². The highest BCUT2D eigenvalue weighted by molar-refractivity contribution is 7.26. The van der Waals surface area contributed by atoms with Crippen molar-refractivity contribution in [2.24, 2.45) is 0 Å². The van der Waals surface area contributed by atoms with Gasteiger partial charge in [0.15, 0.2) is 6.10 Å². The molecular weight excluding hydrogens is 464 g/mol. The molecule has 1 aliphatic rings. The zero-order valence-corrected chi connectivity index (χ0v) is 20.3. The largest absolute Gasteiger partial charge is 0.479 e. The first kappa shape index (κ1) is 22.5. The second kappa shape index (κ2) is 9.23. The fourth-order valence-electron chi connectivity index (χ4n) is 4.97. The molecule has 0 aliphatic heterocycles. The predicted octanol–water partition coefficient (Wildman–Crippen LogP) is 8.00. The average molecular weight is 489 g/mol. The van der Waals surface area contributed by atoms with Crippen molar-refractivity contribution in [3.05, 3.63) is 144 Å². The van der Waals surface area contributed by atoms with Crippen molar-refractivity contribution in [2.45, 2.75) is 17.6 Å². The lowest BCUT2D eigenvalue weighted by Crippen LogP contribution is -2.32. The van der Waals surface area contributed by atoms with E-state index in [0.717, 1.165) is 15.6 Å². The molecule has 0 bridgehead atoms. The lowest BCUT2D eigenvalue weighted by Gasteiger charge is -2.35. The van der Waals surface area contributed by atoms with E-state index in [1.165, 1.54) is 15.6 Å². The SMILES string of the molecule is O=C(O)C(OC1(c2cccc3c2sc2ccccc23)C=CC(c2ccccc2)C=C1)c1ccccc1. The van der Waals surface area contributed by atoms with Gasteiger partial charge in [-0.3, -0.25) is 0 Å². The number of ether oxygens (including phenoxy) is 1. The zero-order chi connectivity index (χ0) is 24.5. The van der Waals surface area contributed by atoms with Crippen LogP contribution in [0.2, 0.25) is 0 Å². The van der Waals surface area contributed by atoms with E-state index in [-0.39, 0.29) is 5.92 Å². The van der Waals surface area contributed by atoms with Crippen LogP contribution in [0.15, 0.2) is 127 Å². The number of allylic oxidation sites excluding steroid dienone is 2. The van der Waals surface area contributed by atoms with Gasteiger partial charge in [0.2, 0.25) is 0 Å². The van der Waals surface area contributed by atoms with Crippen LogP contribution in [-0.4, -0.2) is 11.1 Å². The Hall–Kier alpha value is -3.99. The molecule has 36 heavy (non-hydrogen) atoms. The summed E-state index contributed by atoms with van der Waals surface area (Å²) in [4.78, 5) is 12.5. The van der Waals surface area contributed by atoms with E-state index in [1.807, 2.05) is 66.7 Å². The standard InChI is InChI=1S/C32H24O3S/c33-31(34)29(24-12-5-2-6-13-24)35-32(20-18-23(19-21-32)22-10-3-1-4-11-22)27-16-9-15-26-25-14-7-8-17-28(25)36-30(26)27/h1-21,23,29H,(H,33,34). The smallest absolute Gasteiger partial charge is 0.337 e. The number of aliphatic carboxylic acids is 1. The lowest BCUT2D eigenvalue weighted by atomic mass is 9.83. The maximum Gasteiger partial charge on any atom is 0.337 e. The highest BCUT2D eigenvalue weighted by atomic mass is 32.1. The third-order valence-corrected chi connectivity index (χ3v) is 7.97. The number of benzene rings is 4. The molecule has 1 heterocycles. The molecule has 0 saturated carbocycles. The van der Waals surface area contributed by atoms with Crippen LogP contribution in [0.1, 0.15) is 28.7 Å². The molecule has 0 fully saturated rings. The predicted molar refractivity (Wildman–Crippen MR) is 146 cm³/mol. The van der Waals surface area contributed by atoms with Crippen molar-refractivity contribution < 1.29 is 14.6 Å². The molecule has 1 N–H and O–H groups in total. The molecule has 0 radical (unpaired) electrons. The number of hydrogen-bond donors (Lipinski definition) is 1. The van der Waals surface area contributed by atoms with Gasteiger partial charge >= 0.3 is 5.97 Å². The summed E-state index contributed by atoms with van der Waals surface area (Å²) in [5, 5.41) is 12.5. The van der Waals surface area contributed by atoms with Gasteiger partial charge in [0.05, 0.1) is 0 Å². The molecule has 1 aliphatic carbocycles. The van der Waals surface area contributed by atoms with Gasteiger partial charge in [0.25, 0.3) is 0 Å². The zero-order valence-electron chi connectivity index (χ0n) is 19.5. The van der Waals surface area contributed by atoms with Crippen molar-refractivity contribution in [1.29, 1.82) is 0 Å². The van der Waals surface area contributed by atoms with Crippen LogP contribution in [0.4, 0.5) is 0 Å². The number of hydrogen-bond acceptors (Lipinski definition) is 3. The third kappa shape index (κ3) is 3.95. The number of carboxylic acids is 1. The summed E-state index contributed by atoms with van der Waals surface area (Å²) in [7, 11) is 0. The minimum absolute atomic E-state index is 0.0875. The summed E-state index contributed by atoms with van der Waals surface area (Å²) in [5.74, 6) is -0.930. The average Bonchev–Trinajstić information content (AvgIpc) is 3.32. The molecule has 0 saturated heterocycles. The van der Waals surface area contributed by atoms with Crippen molar-refractivity contribution >= 4 is 37.5 Å². The first-order valence-corrected chi connectivity index (χ1v) is 12.8. The van der Waals surface area contributed by atoms with Gasteiger partial charge in [0, 0.05) is 31.7 Å². The highest BCUT2D eigenvalue weighted by Crippen LogP contribution is 2.46. The molecule has 3 nitrogen and oxygen atoms in total. The quantitative estimate of drug-likeness (QED) is 0.246. The maximum atomic E-state index is 12.5. The van der Waals surface area contributed by atoms with Gasteiger partial charge in [-0.2, -0.15) is 0 Å². The number of carboxylic acid groups (broad SMARTS) is 1. The van der Waals surface area contributed by atoms with E-state index in [2.05, 4.69) is 48.6 Å². The van der Waals surface area contributed by atoms with Crippen molar-refractivity contribution in [3.8, 4) is 0 Å². The minimum Gasteiger partial charge on any atom is -0.479 e. The Bertz CT molecular complexity index is 1580. The van der Waals surface area contributed by atoms with Gasteiger partial charge in [-0.15, -0.1) is 11.3 Å². The van der Waals surface area contributed by atoms with E-state index in [9.17, 15) is 9.90 Å². The Labute approximate surface area is 213 Å². The van der Waals surface area contributed by atoms with Crippen LogP contribution in [-0.2, 0) is 15.1 Å². The Kier molecular flexibility index (Phi) is 5.76. The van der Waals surface area contributed by atoms with Crippen molar-refractivity contribution in [3.63, 3.8) is 0 Å². The molecule has 0 spiro atoms. The number of fused-ring (bicyclic) bond motifs is 3. The lowest BCUT2D eigenvalue weighted by molar-refractivity contribution is -0.158. The van der Waals surface area contributed by atoms with Crippen molar-refractivity contribution in [1.82, 2.24) is 0 Å². The van der Waals surface area contributed by atoms with E-state index < -0.39 is 17.7 Å². The summed E-state index contributed by atoms with van der Waals surface area (Å²) in [6.45, 7) is 0. The Morgan fingerprint density at radius 3 is 2.14 bits per heavy atom. The molecule has 1 unspecified atom stereocenters.